The van der Waals surface area contributed by atoms with Crippen LogP contribution < -0.4 is 10.6 Å². The Balaban J connectivity index is 1.76. The van der Waals surface area contributed by atoms with Gasteiger partial charge in [0.1, 0.15) is 11.7 Å². The molecule has 0 saturated heterocycles. The number of nitrogens with zero attached hydrogens (tertiary/aromatic N) is 1. The standard InChI is InChI=1S/C19H19N3O5/c23-18(21-16(19(24)25)10-12-4-2-1-3-5-12)13-6-9-15(20-14-7-8-14)17(11-13)22(26)27/h1-6,9,11,14,16,20H,7-8,10H2,(H,21,23)(H,24,25). The van der Waals surface area contributed by atoms with Gasteiger partial charge in [0.15, 0.2) is 0 Å². The number of carboxylic acids is 1. The van der Waals surface area contributed by atoms with Crippen molar-refractivity contribution >= 4 is 23.3 Å². The molecule has 0 heterocycles. The highest BCUT2D eigenvalue weighted by atomic mass is 16.6. The minimum atomic E-state index is -1.17. The van der Waals surface area contributed by atoms with E-state index in [1.54, 1.807) is 24.3 Å². The lowest BCUT2D eigenvalue weighted by atomic mass is 10.1. The van der Waals surface area contributed by atoms with Crippen LogP contribution in [0.5, 0.6) is 0 Å². The summed E-state index contributed by atoms with van der Waals surface area (Å²) in [6.45, 7) is 0. The number of hydrogen-bond donors (Lipinski definition) is 3. The van der Waals surface area contributed by atoms with E-state index in [0.717, 1.165) is 18.4 Å². The number of nitro groups is 1. The third-order valence-electron chi connectivity index (χ3n) is 4.28. The number of benzene rings is 2. The van der Waals surface area contributed by atoms with E-state index in [-0.39, 0.29) is 23.7 Å². The molecule has 1 fully saturated rings. The van der Waals surface area contributed by atoms with E-state index in [2.05, 4.69) is 10.6 Å². The molecule has 0 aliphatic heterocycles. The summed E-state index contributed by atoms with van der Waals surface area (Å²) >= 11 is 0. The quantitative estimate of drug-likeness (QED) is 0.486. The summed E-state index contributed by atoms with van der Waals surface area (Å²) in [4.78, 5) is 34.7. The zero-order chi connectivity index (χ0) is 19.4. The van der Waals surface area contributed by atoms with Crippen LogP contribution in [0.1, 0.15) is 28.8 Å². The van der Waals surface area contributed by atoms with Crippen molar-refractivity contribution in [1.29, 1.82) is 0 Å². The van der Waals surface area contributed by atoms with Crippen molar-refractivity contribution in [2.24, 2.45) is 0 Å². The smallest absolute Gasteiger partial charge is 0.326 e. The summed E-state index contributed by atoms with van der Waals surface area (Å²) in [5.41, 5.74) is 0.963. The number of amides is 1. The number of carbonyl (C=O) groups is 2. The second kappa shape index (κ2) is 7.86. The normalized spacial score (nSPS) is 14.2. The lowest BCUT2D eigenvalue weighted by molar-refractivity contribution is -0.384. The Kier molecular flexibility index (Phi) is 5.35. The third-order valence-corrected chi connectivity index (χ3v) is 4.28. The van der Waals surface area contributed by atoms with Crippen LogP contribution in [0.4, 0.5) is 11.4 Å². The van der Waals surface area contributed by atoms with Crippen LogP contribution >= 0.6 is 0 Å². The van der Waals surface area contributed by atoms with Crippen molar-refractivity contribution in [2.75, 3.05) is 5.32 Å². The maximum atomic E-state index is 12.5. The fourth-order valence-electron chi connectivity index (χ4n) is 2.69. The van der Waals surface area contributed by atoms with Crippen LogP contribution in [0.15, 0.2) is 48.5 Å². The number of nitro benzene ring substituents is 1. The summed E-state index contributed by atoms with van der Waals surface area (Å²) in [5.74, 6) is -1.84. The fourth-order valence-corrected chi connectivity index (χ4v) is 2.69. The first-order valence-electron chi connectivity index (χ1n) is 8.56. The molecule has 1 saturated carbocycles. The van der Waals surface area contributed by atoms with E-state index in [1.165, 1.54) is 18.2 Å². The lowest BCUT2D eigenvalue weighted by Gasteiger charge is -2.15. The van der Waals surface area contributed by atoms with Gasteiger partial charge in [0.05, 0.1) is 4.92 Å². The Morgan fingerprint density at radius 2 is 1.89 bits per heavy atom. The van der Waals surface area contributed by atoms with Crippen LogP contribution in [0, 0.1) is 10.1 Å². The number of hydrogen-bond acceptors (Lipinski definition) is 5. The predicted octanol–water partition coefficient (Wildman–Crippen LogP) is 2.59. The second-order valence-electron chi connectivity index (χ2n) is 6.46. The highest BCUT2D eigenvalue weighted by Gasteiger charge is 2.26. The maximum Gasteiger partial charge on any atom is 0.326 e. The van der Waals surface area contributed by atoms with E-state index in [4.69, 9.17) is 0 Å². The monoisotopic (exact) mass is 369 g/mol. The minimum absolute atomic E-state index is 0.0439. The van der Waals surface area contributed by atoms with Gasteiger partial charge < -0.3 is 15.7 Å². The average Bonchev–Trinajstić information content (AvgIpc) is 3.46. The summed E-state index contributed by atoms with van der Waals surface area (Å²) < 4.78 is 0. The molecule has 1 aliphatic carbocycles. The van der Waals surface area contributed by atoms with Gasteiger partial charge in [0.25, 0.3) is 11.6 Å². The molecule has 1 atom stereocenters. The molecule has 27 heavy (non-hydrogen) atoms. The Hall–Kier alpha value is -3.42. The molecule has 3 rings (SSSR count). The van der Waals surface area contributed by atoms with Gasteiger partial charge in [0.2, 0.25) is 0 Å². The molecule has 1 aliphatic rings. The minimum Gasteiger partial charge on any atom is -0.480 e. The van der Waals surface area contributed by atoms with E-state index in [0.29, 0.717) is 5.69 Å². The molecule has 1 amide bonds. The van der Waals surface area contributed by atoms with Crippen molar-refractivity contribution < 1.29 is 19.6 Å². The topological polar surface area (TPSA) is 122 Å². The number of rotatable bonds is 8. The zero-order valence-corrected chi connectivity index (χ0v) is 14.4. The molecule has 0 spiro atoms. The molecule has 1 unspecified atom stereocenters. The summed E-state index contributed by atoms with van der Waals surface area (Å²) in [6.07, 6.45) is 2.03. The number of aliphatic carboxylic acids is 1. The molecule has 2 aromatic rings. The summed E-state index contributed by atoms with van der Waals surface area (Å²) in [6, 6.07) is 12.1. The molecule has 0 radical (unpaired) electrons. The molecular formula is C19H19N3O5. The summed E-state index contributed by atoms with van der Waals surface area (Å²) in [7, 11) is 0. The summed E-state index contributed by atoms with van der Waals surface area (Å²) in [5, 5.41) is 26.2. The zero-order valence-electron chi connectivity index (χ0n) is 14.4. The fraction of sp³-hybridized carbons (Fsp3) is 0.263. The molecule has 140 valence electrons. The molecule has 8 nitrogen and oxygen atoms in total. The van der Waals surface area contributed by atoms with E-state index in [1.807, 2.05) is 6.07 Å². The first kappa shape index (κ1) is 18.4. The molecular weight excluding hydrogens is 350 g/mol. The van der Waals surface area contributed by atoms with E-state index >= 15 is 0 Å². The van der Waals surface area contributed by atoms with Gasteiger partial charge in [-0.2, -0.15) is 0 Å². The van der Waals surface area contributed by atoms with Crippen molar-refractivity contribution in [3.05, 3.63) is 69.8 Å². The highest BCUT2D eigenvalue weighted by Crippen LogP contribution is 2.31. The maximum absolute atomic E-state index is 12.5. The van der Waals surface area contributed by atoms with E-state index in [9.17, 15) is 24.8 Å². The van der Waals surface area contributed by atoms with Crippen molar-refractivity contribution in [1.82, 2.24) is 5.32 Å². The molecule has 3 N–H and O–H groups in total. The number of nitrogens with one attached hydrogen (secondary N) is 2. The van der Waals surface area contributed by atoms with Crippen molar-refractivity contribution in [3.8, 4) is 0 Å². The predicted molar refractivity (Wildman–Crippen MR) is 98.8 cm³/mol. The van der Waals surface area contributed by atoms with Crippen LogP contribution in [-0.2, 0) is 11.2 Å². The Morgan fingerprint density at radius 3 is 2.48 bits per heavy atom. The molecule has 2 aromatic carbocycles. The van der Waals surface area contributed by atoms with Crippen LogP contribution in [0.3, 0.4) is 0 Å². The van der Waals surface area contributed by atoms with Gasteiger partial charge in [-0.1, -0.05) is 30.3 Å². The van der Waals surface area contributed by atoms with Gasteiger partial charge in [0, 0.05) is 24.1 Å². The molecule has 0 bridgehead atoms. The third kappa shape index (κ3) is 4.81. The first-order chi connectivity index (χ1) is 12.9. The Labute approximate surface area is 155 Å². The first-order valence-corrected chi connectivity index (χ1v) is 8.56. The lowest BCUT2D eigenvalue weighted by Crippen LogP contribution is -2.42. The number of carbonyl (C=O) groups excluding carboxylic acids is 1. The van der Waals surface area contributed by atoms with Gasteiger partial charge in [-0.3, -0.25) is 14.9 Å². The van der Waals surface area contributed by atoms with Gasteiger partial charge in [-0.05, 0) is 30.5 Å². The van der Waals surface area contributed by atoms with Gasteiger partial charge in [-0.15, -0.1) is 0 Å². The van der Waals surface area contributed by atoms with Crippen molar-refractivity contribution in [3.63, 3.8) is 0 Å². The SMILES string of the molecule is O=C(NC(Cc1ccccc1)C(=O)O)c1ccc(NC2CC2)c([N+](=O)[O-])c1. The van der Waals surface area contributed by atoms with Crippen molar-refractivity contribution in [2.45, 2.75) is 31.3 Å². The van der Waals surface area contributed by atoms with Crippen LogP contribution in [0.2, 0.25) is 0 Å². The van der Waals surface area contributed by atoms with Gasteiger partial charge >= 0.3 is 5.97 Å². The largest absolute Gasteiger partial charge is 0.480 e. The highest BCUT2D eigenvalue weighted by molar-refractivity contribution is 5.98. The van der Waals surface area contributed by atoms with Crippen LogP contribution in [0.25, 0.3) is 0 Å². The second-order valence-corrected chi connectivity index (χ2v) is 6.46. The molecule has 8 heteroatoms. The average molecular weight is 369 g/mol. The number of carboxylic acid groups (broad SMARTS) is 1. The van der Waals surface area contributed by atoms with Crippen LogP contribution in [-0.4, -0.2) is 34.0 Å². The Morgan fingerprint density at radius 1 is 1.19 bits per heavy atom. The molecule has 0 aromatic heterocycles. The van der Waals surface area contributed by atoms with Gasteiger partial charge in [-0.25, -0.2) is 4.79 Å². The Bertz CT molecular complexity index is 865. The van der Waals surface area contributed by atoms with E-state index < -0.39 is 22.8 Å². The number of anilines is 1.